The zero-order valence-corrected chi connectivity index (χ0v) is 8.30. The van der Waals surface area contributed by atoms with Crippen LogP contribution in [0.1, 0.15) is 5.82 Å². The maximum absolute atomic E-state index is 9.03. The van der Waals surface area contributed by atoms with Gasteiger partial charge in [0.1, 0.15) is 5.82 Å². The van der Waals surface area contributed by atoms with Gasteiger partial charge in [0.25, 0.3) is 0 Å². The highest BCUT2D eigenvalue weighted by molar-refractivity contribution is 4.92. The molecule has 15 heavy (non-hydrogen) atoms. The molecule has 0 aliphatic carbocycles. The molecule has 0 fully saturated rings. The van der Waals surface area contributed by atoms with Gasteiger partial charge in [-0.05, 0) is 6.07 Å². The van der Waals surface area contributed by atoms with E-state index in [-0.39, 0.29) is 26.4 Å². The van der Waals surface area contributed by atoms with Crippen LogP contribution >= 0.6 is 0 Å². The molecule has 0 saturated heterocycles. The fraction of sp³-hybridized carbons (Fsp3) is 0.556. The Hall–Kier alpha value is -1.08. The van der Waals surface area contributed by atoms with E-state index in [0.717, 1.165) is 0 Å². The maximum atomic E-state index is 9.03. The standard InChI is InChI=1S/C9H15N3O3/c13-5-9(6-14,7-15)12-4-8-10-2-1-3-11-8/h1-3,12-15H,4-7H2. The minimum Gasteiger partial charge on any atom is -0.394 e. The number of hydrogen-bond acceptors (Lipinski definition) is 6. The monoisotopic (exact) mass is 213 g/mol. The number of hydrogen-bond donors (Lipinski definition) is 4. The SMILES string of the molecule is OCC(CO)(CO)NCc1ncccn1. The summed E-state index contributed by atoms with van der Waals surface area (Å²) in [6, 6.07) is 1.70. The van der Waals surface area contributed by atoms with Crippen molar-refractivity contribution in [3.05, 3.63) is 24.3 Å². The van der Waals surface area contributed by atoms with Gasteiger partial charge in [-0.2, -0.15) is 0 Å². The van der Waals surface area contributed by atoms with E-state index in [2.05, 4.69) is 15.3 Å². The molecular weight excluding hydrogens is 198 g/mol. The molecule has 0 radical (unpaired) electrons. The fourth-order valence-electron chi connectivity index (χ4n) is 1.01. The smallest absolute Gasteiger partial charge is 0.141 e. The summed E-state index contributed by atoms with van der Waals surface area (Å²) >= 11 is 0. The molecule has 0 aliphatic heterocycles. The summed E-state index contributed by atoms with van der Waals surface area (Å²) in [4.78, 5) is 7.93. The van der Waals surface area contributed by atoms with Crippen molar-refractivity contribution in [2.24, 2.45) is 0 Å². The van der Waals surface area contributed by atoms with Crippen LogP contribution in [0.25, 0.3) is 0 Å². The first-order valence-corrected chi connectivity index (χ1v) is 4.60. The average molecular weight is 213 g/mol. The summed E-state index contributed by atoms with van der Waals surface area (Å²) < 4.78 is 0. The summed E-state index contributed by atoms with van der Waals surface area (Å²) in [6.07, 6.45) is 3.20. The second-order valence-electron chi connectivity index (χ2n) is 3.27. The van der Waals surface area contributed by atoms with Crippen molar-refractivity contribution in [2.45, 2.75) is 12.1 Å². The molecule has 0 atom stereocenters. The Morgan fingerprint density at radius 1 is 1.07 bits per heavy atom. The van der Waals surface area contributed by atoms with Crippen LogP contribution in [-0.2, 0) is 6.54 Å². The number of aliphatic hydroxyl groups is 3. The molecule has 84 valence electrons. The Balaban J connectivity index is 2.54. The van der Waals surface area contributed by atoms with E-state index >= 15 is 0 Å². The highest BCUT2D eigenvalue weighted by Crippen LogP contribution is 2.02. The third-order valence-corrected chi connectivity index (χ3v) is 2.15. The maximum Gasteiger partial charge on any atom is 0.141 e. The van der Waals surface area contributed by atoms with Crippen molar-refractivity contribution in [1.82, 2.24) is 15.3 Å². The molecule has 1 heterocycles. The average Bonchev–Trinajstić information content (AvgIpc) is 2.33. The van der Waals surface area contributed by atoms with Crippen molar-refractivity contribution in [3.63, 3.8) is 0 Å². The van der Waals surface area contributed by atoms with Gasteiger partial charge in [0.05, 0.1) is 31.9 Å². The Kier molecular flexibility index (Phi) is 4.57. The summed E-state index contributed by atoms with van der Waals surface area (Å²) in [6.45, 7) is -0.783. The molecule has 1 aromatic heterocycles. The number of rotatable bonds is 6. The zero-order valence-electron chi connectivity index (χ0n) is 8.30. The molecule has 0 aliphatic rings. The third kappa shape index (κ3) is 3.21. The van der Waals surface area contributed by atoms with Gasteiger partial charge in [0.15, 0.2) is 0 Å². The van der Waals surface area contributed by atoms with Gasteiger partial charge in [-0.1, -0.05) is 0 Å². The van der Waals surface area contributed by atoms with Gasteiger partial charge in [-0.25, -0.2) is 9.97 Å². The first kappa shape index (κ1) is 12.0. The molecule has 6 nitrogen and oxygen atoms in total. The van der Waals surface area contributed by atoms with E-state index < -0.39 is 5.54 Å². The first-order valence-electron chi connectivity index (χ1n) is 4.60. The van der Waals surface area contributed by atoms with E-state index in [1.165, 1.54) is 0 Å². The van der Waals surface area contributed by atoms with Gasteiger partial charge in [-0.15, -0.1) is 0 Å². The molecule has 6 heteroatoms. The molecule has 0 bridgehead atoms. The van der Waals surface area contributed by atoms with E-state index in [4.69, 9.17) is 15.3 Å². The highest BCUT2D eigenvalue weighted by atomic mass is 16.3. The predicted molar refractivity (Wildman–Crippen MR) is 52.9 cm³/mol. The van der Waals surface area contributed by atoms with Crippen LogP contribution in [0.3, 0.4) is 0 Å². The molecule has 0 amide bonds. The minimum atomic E-state index is -1.08. The molecule has 0 spiro atoms. The minimum absolute atomic E-state index is 0.280. The molecular formula is C9H15N3O3. The third-order valence-electron chi connectivity index (χ3n) is 2.15. The van der Waals surface area contributed by atoms with Gasteiger partial charge in [0, 0.05) is 12.4 Å². The number of aliphatic hydroxyl groups excluding tert-OH is 3. The van der Waals surface area contributed by atoms with Crippen LogP contribution < -0.4 is 5.32 Å². The lowest BCUT2D eigenvalue weighted by atomic mass is 10.0. The van der Waals surface area contributed by atoms with Gasteiger partial charge in [-0.3, -0.25) is 5.32 Å². The van der Waals surface area contributed by atoms with Crippen molar-refractivity contribution in [1.29, 1.82) is 0 Å². The lowest BCUT2D eigenvalue weighted by Crippen LogP contribution is -2.54. The van der Waals surface area contributed by atoms with Crippen molar-refractivity contribution >= 4 is 0 Å². The largest absolute Gasteiger partial charge is 0.394 e. The second kappa shape index (κ2) is 5.72. The lowest BCUT2D eigenvalue weighted by molar-refractivity contribution is 0.0409. The normalized spacial score (nSPS) is 11.7. The topological polar surface area (TPSA) is 98.5 Å². The summed E-state index contributed by atoms with van der Waals surface area (Å²) in [5.74, 6) is 0.539. The summed E-state index contributed by atoms with van der Waals surface area (Å²) in [5, 5.41) is 29.9. The van der Waals surface area contributed by atoms with Crippen LogP contribution in [0.4, 0.5) is 0 Å². The van der Waals surface area contributed by atoms with Crippen LogP contribution in [0.15, 0.2) is 18.5 Å². The summed E-state index contributed by atoms with van der Waals surface area (Å²) in [5.41, 5.74) is -1.08. The van der Waals surface area contributed by atoms with Crippen LogP contribution in [0.2, 0.25) is 0 Å². The number of aromatic nitrogens is 2. The van der Waals surface area contributed by atoms with Gasteiger partial charge in [0.2, 0.25) is 0 Å². The number of nitrogens with zero attached hydrogens (tertiary/aromatic N) is 2. The number of nitrogens with one attached hydrogen (secondary N) is 1. The van der Waals surface area contributed by atoms with Gasteiger partial charge >= 0.3 is 0 Å². The van der Waals surface area contributed by atoms with Crippen LogP contribution in [-0.4, -0.2) is 50.6 Å². The predicted octanol–water partition coefficient (Wildman–Crippen LogP) is -1.72. The van der Waals surface area contributed by atoms with Crippen LogP contribution in [0, 0.1) is 0 Å². The Bertz CT molecular complexity index is 269. The molecule has 4 N–H and O–H groups in total. The molecule has 1 aromatic rings. The van der Waals surface area contributed by atoms with Crippen LogP contribution in [0.5, 0.6) is 0 Å². The van der Waals surface area contributed by atoms with Gasteiger partial charge < -0.3 is 15.3 Å². The second-order valence-corrected chi connectivity index (χ2v) is 3.27. The summed E-state index contributed by atoms with van der Waals surface area (Å²) in [7, 11) is 0. The molecule has 1 rings (SSSR count). The molecule has 0 unspecified atom stereocenters. The van der Waals surface area contributed by atoms with E-state index in [9.17, 15) is 0 Å². The molecule has 0 saturated carbocycles. The lowest BCUT2D eigenvalue weighted by Gasteiger charge is -2.28. The zero-order chi connectivity index (χ0) is 11.1. The van der Waals surface area contributed by atoms with Crippen molar-refractivity contribution < 1.29 is 15.3 Å². The Morgan fingerprint density at radius 2 is 1.60 bits per heavy atom. The fourth-order valence-corrected chi connectivity index (χ4v) is 1.01. The van der Waals surface area contributed by atoms with Crippen molar-refractivity contribution in [2.75, 3.05) is 19.8 Å². The quantitative estimate of drug-likeness (QED) is 0.449. The van der Waals surface area contributed by atoms with E-state index in [1.54, 1.807) is 18.5 Å². The molecule has 0 aromatic carbocycles. The van der Waals surface area contributed by atoms with Crippen molar-refractivity contribution in [3.8, 4) is 0 Å². The Labute approximate surface area is 87.6 Å². The highest BCUT2D eigenvalue weighted by Gasteiger charge is 2.27. The van der Waals surface area contributed by atoms with E-state index in [0.29, 0.717) is 5.82 Å². The first-order chi connectivity index (χ1) is 7.26. The Morgan fingerprint density at radius 3 is 2.07 bits per heavy atom. The van der Waals surface area contributed by atoms with E-state index in [1.807, 2.05) is 0 Å².